The fourth-order valence-corrected chi connectivity index (χ4v) is 4.31. The van der Waals surface area contributed by atoms with Gasteiger partial charge in [-0.05, 0) is 56.4 Å². The van der Waals surface area contributed by atoms with Crippen molar-refractivity contribution in [1.82, 2.24) is 4.72 Å². The first kappa shape index (κ1) is 16.4. The number of aryl methyl sites for hydroxylation is 2. The van der Waals surface area contributed by atoms with Gasteiger partial charge in [0, 0.05) is 19.2 Å². The van der Waals surface area contributed by atoms with E-state index in [1.165, 1.54) is 0 Å². The molecule has 0 spiro atoms. The number of ether oxygens (including phenoxy) is 1. The summed E-state index contributed by atoms with van der Waals surface area (Å²) in [6.45, 7) is 6.63. The highest BCUT2D eigenvalue weighted by Gasteiger charge is 2.28. The maximum atomic E-state index is 12.6. The summed E-state index contributed by atoms with van der Waals surface area (Å²) in [5.74, 6) is 0. The molecule has 2 atom stereocenters. The van der Waals surface area contributed by atoms with E-state index >= 15 is 0 Å². The summed E-state index contributed by atoms with van der Waals surface area (Å²) >= 11 is 0. The molecule has 0 bridgehead atoms. The highest BCUT2D eigenvalue weighted by Crippen LogP contribution is 2.22. The van der Waals surface area contributed by atoms with E-state index in [-0.39, 0.29) is 12.1 Å². The summed E-state index contributed by atoms with van der Waals surface area (Å²) < 4.78 is 33.5. The highest BCUT2D eigenvalue weighted by molar-refractivity contribution is 7.89. The Morgan fingerprint density at radius 3 is 2.67 bits per heavy atom. The molecule has 3 N–H and O–H groups in total. The summed E-state index contributed by atoms with van der Waals surface area (Å²) in [6, 6.07) is 3.31. The molecule has 1 aromatic carbocycles. The van der Waals surface area contributed by atoms with E-state index in [0.29, 0.717) is 18.0 Å². The van der Waals surface area contributed by atoms with Gasteiger partial charge in [-0.15, -0.1) is 0 Å². The molecule has 1 aliphatic rings. The smallest absolute Gasteiger partial charge is 0.241 e. The van der Waals surface area contributed by atoms with Crippen molar-refractivity contribution in [2.45, 2.75) is 57.2 Å². The second-order valence-electron chi connectivity index (χ2n) is 5.71. The van der Waals surface area contributed by atoms with Crippen molar-refractivity contribution in [2.75, 3.05) is 6.61 Å². The van der Waals surface area contributed by atoms with Crippen LogP contribution in [-0.2, 0) is 21.3 Å². The second kappa shape index (κ2) is 6.44. The molecule has 1 saturated heterocycles. The number of hydrogen-bond acceptors (Lipinski definition) is 4. The van der Waals surface area contributed by atoms with E-state index < -0.39 is 10.0 Å². The maximum Gasteiger partial charge on any atom is 0.241 e. The number of nitrogens with one attached hydrogen (secondary N) is 1. The van der Waals surface area contributed by atoms with Crippen LogP contribution in [0.4, 0.5) is 0 Å². The molecule has 0 amide bonds. The third kappa shape index (κ3) is 3.63. The summed E-state index contributed by atoms with van der Waals surface area (Å²) in [4.78, 5) is 0.304. The molecule has 5 nitrogen and oxygen atoms in total. The standard InChI is InChI=1S/C15H24N2O3S/c1-10-7-11(2)15(8-13(10)9-16)21(18,19)17-12(3)14-5-4-6-20-14/h7-8,12,14,17H,4-6,9,16H2,1-3H3. The van der Waals surface area contributed by atoms with Gasteiger partial charge < -0.3 is 10.5 Å². The maximum absolute atomic E-state index is 12.6. The van der Waals surface area contributed by atoms with Gasteiger partial charge in [-0.2, -0.15) is 0 Å². The predicted octanol–water partition coefficient (Wildman–Crippen LogP) is 1.61. The minimum atomic E-state index is -3.56. The van der Waals surface area contributed by atoms with Crippen molar-refractivity contribution >= 4 is 10.0 Å². The average molecular weight is 312 g/mol. The van der Waals surface area contributed by atoms with Crippen LogP contribution in [0.2, 0.25) is 0 Å². The Bertz CT molecular complexity index is 608. The van der Waals surface area contributed by atoms with Crippen LogP contribution in [0.5, 0.6) is 0 Å². The summed E-state index contributed by atoms with van der Waals surface area (Å²) in [5.41, 5.74) is 8.28. The molecule has 118 valence electrons. The lowest BCUT2D eigenvalue weighted by molar-refractivity contribution is 0.0902. The molecule has 1 heterocycles. The molecule has 2 unspecified atom stereocenters. The zero-order chi connectivity index (χ0) is 15.6. The van der Waals surface area contributed by atoms with Crippen LogP contribution in [0.1, 0.15) is 36.5 Å². The van der Waals surface area contributed by atoms with Crippen molar-refractivity contribution in [3.63, 3.8) is 0 Å². The Kier molecular flexibility index (Phi) is 5.03. The summed E-state index contributed by atoms with van der Waals surface area (Å²) in [5, 5.41) is 0. The number of nitrogens with two attached hydrogens (primary N) is 1. The molecule has 1 fully saturated rings. The van der Waals surface area contributed by atoms with Crippen LogP contribution in [0, 0.1) is 13.8 Å². The summed E-state index contributed by atoms with van der Waals surface area (Å²) in [6.07, 6.45) is 1.84. The first-order chi connectivity index (χ1) is 9.85. The van der Waals surface area contributed by atoms with Gasteiger partial charge in [0.1, 0.15) is 0 Å². The van der Waals surface area contributed by atoms with Gasteiger partial charge in [0.05, 0.1) is 11.0 Å². The number of benzene rings is 1. The second-order valence-corrected chi connectivity index (χ2v) is 7.39. The van der Waals surface area contributed by atoms with Crippen LogP contribution in [0.25, 0.3) is 0 Å². The lowest BCUT2D eigenvalue weighted by Gasteiger charge is -2.21. The lowest BCUT2D eigenvalue weighted by atomic mass is 10.1. The van der Waals surface area contributed by atoms with Crippen LogP contribution >= 0.6 is 0 Å². The van der Waals surface area contributed by atoms with E-state index in [4.69, 9.17) is 10.5 Å². The van der Waals surface area contributed by atoms with Crippen molar-refractivity contribution in [2.24, 2.45) is 5.73 Å². The van der Waals surface area contributed by atoms with Crippen molar-refractivity contribution < 1.29 is 13.2 Å². The predicted molar refractivity (Wildman–Crippen MR) is 82.6 cm³/mol. The molecule has 0 saturated carbocycles. The third-order valence-corrected chi connectivity index (χ3v) is 5.71. The third-order valence-electron chi connectivity index (χ3n) is 4.01. The molecule has 0 aliphatic carbocycles. The van der Waals surface area contributed by atoms with Gasteiger partial charge in [0.15, 0.2) is 0 Å². The lowest BCUT2D eigenvalue weighted by Crippen LogP contribution is -2.41. The Labute approximate surface area is 126 Å². The molecule has 2 rings (SSSR count). The zero-order valence-electron chi connectivity index (χ0n) is 12.8. The number of rotatable bonds is 5. The first-order valence-electron chi connectivity index (χ1n) is 7.29. The van der Waals surface area contributed by atoms with Gasteiger partial charge in [-0.25, -0.2) is 13.1 Å². The van der Waals surface area contributed by atoms with Gasteiger partial charge >= 0.3 is 0 Å². The van der Waals surface area contributed by atoms with E-state index in [2.05, 4.69) is 4.72 Å². The van der Waals surface area contributed by atoms with Crippen LogP contribution in [-0.4, -0.2) is 27.2 Å². The van der Waals surface area contributed by atoms with Crippen LogP contribution in [0.15, 0.2) is 17.0 Å². The Morgan fingerprint density at radius 1 is 1.38 bits per heavy atom. The van der Waals surface area contributed by atoms with Crippen molar-refractivity contribution in [3.05, 3.63) is 28.8 Å². The molecular formula is C15H24N2O3S. The van der Waals surface area contributed by atoms with Crippen molar-refractivity contribution in [1.29, 1.82) is 0 Å². The van der Waals surface area contributed by atoms with Gasteiger partial charge in [0.25, 0.3) is 0 Å². The molecule has 6 heteroatoms. The fourth-order valence-electron chi connectivity index (χ4n) is 2.76. The Morgan fingerprint density at radius 2 is 2.10 bits per heavy atom. The molecular weight excluding hydrogens is 288 g/mol. The molecule has 1 aliphatic heterocycles. The minimum Gasteiger partial charge on any atom is -0.377 e. The fraction of sp³-hybridized carbons (Fsp3) is 0.600. The van der Waals surface area contributed by atoms with E-state index in [0.717, 1.165) is 29.5 Å². The average Bonchev–Trinajstić information content (AvgIpc) is 2.91. The zero-order valence-corrected chi connectivity index (χ0v) is 13.7. The van der Waals surface area contributed by atoms with Crippen LogP contribution < -0.4 is 10.5 Å². The summed E-state index contributed by atoms with van der Waals surface area (Å²) in [7, 11) is -3.56. The first-order valence-corrected chi connectivity index (χ1v) is 8.77. The number of hydrogen-bond donors (Lipinski definition) is 2. The quantitative estimate of drug-likeness (QED) is 0.865. The van der Waals surface area contributed by atoms with Gasteiger partial charge in [-0.3, -0.25) is 0 Å². The van der Waals surface area contributed by atoms with E-state index in [1.807, 2.05) is 19.9 Å². The van der Waals surface area contributed by atoms with E-state index in [1.54, 1.807) is 13.0 Å². The normalized spacial score (nSPS) is 20.7. The minimum absolute atomic E-state index is 0.0421. The van der Waals surface area contributed by atoms with E-state index in [9.17, 15) is 8.42 Å². The molecule has 1 aromatic rings. The van der Waals surface area contributed by atoms with Crippen molar-refractivity contribution in [3.8, 4) is 0 Å². The molecule has 0 aromatic heterocycles. The van der Waals surface area contributed by atoms with Crippen LogP contribution in [0.3, 0.4) is 0 Å². The molecule has 21 heavy (non-hydrogen) atoms. The van der Waals surface area contributed by atoms with Gasteiger partial charge in [-0.1, -0.05) is 6.07 Å². The Balaban J connectivity index is 2.26. The highest BCUT2D eigenvalue weighted by atomic mass is 32.2. The largest absolute Gasteiger partial charge is 0.377 e. The SMILES string of the molecule is Cc1cc(C)c(S(=O)(=O)NC(C)C2CCCO2)cc1CN. The topological polar surface area (TPSA) is 81.4 Å². The monoisotopic (exact) mass is 312 g/mol. The molecule has 0 radical (unpaired) electrons. The Hall–Kier alpha value is -0.950. The number of sulfonamides is 1. The van der Waals surface area contributed by atoms with Gasteiger partial charge in [0.2, 0.25) is 10.0 Å².